The number of likely N-dealkylation sites (N-methyl/N-ethyl adjacent to an activating group) is 1. The van der Waals surface area contributed by atoms with E-state index in [1.807, 2.05) is 60.7 Å². The molecule has 0 spiro atoms. The van der Waals surface area contributed by atoms with Crippen molar-refractivity contribution in [2.45, 2.75) is 12.5 Å². The highest BCUT2D eigenvalue weighted by molar-refractivity contribution is 6.12. The first kappa shape index (κ1) is 14.7. The number of rotatable bonds is 3. The molecule has 2 amide bonds. The highest BCUT2D eigenvalue weighted by atomic mass is 16.2. The van der Waals surface area contributed by atoms with E-state index in [1.54, 1.807) is 16.8 Å². The molecule has 0 aliphatic carbocycles. The van der Waals surface area contributed by atoms with Crippen LogP contribution in [0.2, 0.25) is 0 Å². The summed E-state index contributed by atoms with van der Waals surface area (Å²) in [7, 11) is 1.77. The average molecular weight is 318 g/mol. The number of amides is 2. The summed E-state index contributed by atoms with van der Waals surface area (Å²) in [4.78, 5) is 28.3. The van der Waals surface area contributed by atoms with E-state index in [2.05, 4.69) is 0 Å². The topological polar surface area (TPSA) is 40.6 Å². The maximum atomic E-state index is 12.7. The lowest BCUT2D eigenvalue weighted by Crippen LogP contribution is -2.62. The number of β-lactam (4-membered cyclic amide) rings is 1. The van der Waals surface area contributed by atoms with Gasteiger partial charge < -0.3 is 4.90 Å². The van der Waals surface area contributed by atoms with Crippen LogP contribution < -0.4 is 0 Å². The van der Waals surface area contributed by atoms with Crippen LogP contribution in [-0.4, -0.2) is 41.2 Å². The van der Waals surface area contributed by atoms with E-state index in [0.717, 1.165) is 22.4 Å². The van der Waals surface area contributed by atoms with Gasteiger partial charge in [0.15, 0.2) is 0 Å². The molecular weight excluding hydrogens is 300 g/mol. The van der Waals surface area contributed by atoms with Crippen molar-refractivity contribution in [3.8, 4) is 0 Å². The van der Waals surface area contributed by atoms with Gasteiger partial charge in [-0.05, 0) is 16.7 Å². The van der Waals surface area contributed by atoms with Crippen molar-refractivity contribution in [3.63, 3.8) is 0 Å². The maximum Gasteiger partial charge on any atom is 0.247 e. The zero-order valence-electron chi connectivity index (χ0n) is 13.5. The van der Waals surface area contributed by atoms with Crippen LogP contribution in [0.15, 0.2) is 60.7 Å². The van der Waals surface area contributed by atoms with Crippen molar-refractivity contribution in [1.82, 2.24) is 9.80 Å². The number of carbonyl (C=O) groups excluding carboxylic acids is 2. The summed E-state index contributed by atoms with van der Waals surface area (Å²) in [5.41, 5.74) is 3.88. The van der Waals surface area contributed by atoms with E-state index in [-0.39, 0.29) is 17.9 Å². The smallest absolute Gasteiger partial charge is 0.247 e. The molecule has 4 heteroatoms. The van der Waals surface area contributed by atoms with E-state index in [4.69, 9.17) is 0 Å². The first-order chi connectivity index (χ1) is 11.7. The Kier molecular flexibility index (Phi) is 3.45. The molecule has 0 N–H and O–H groups in total. The zero-order chi connectivity index (χ0) is 16.7. The lowest BCUT2D eigenvalue weighted by molar-refractivity contribution is -0.151. The molecule has 4 rings (SSSR count). The Morgan fingerprint density at radius 3 is 2.00 bits per heavy atom. The van der Waals surface area contributed by atoms with Gasteiger partial charge in [0.2, 0.25) is 11.8 Å². The molecule has 2 aliphatic heterocycles. The van der Waals surface area contributed by atoms with Gasteiger partial charge >= 0.3 is 0 Å². The summed E-state index contributed by atoms with van der Waals surface area (Å²) in [6.45, 7) is 0.586. The number of likely N-dealkylation sites (tertiary alicyclic amines) is 1. The van der Waals surface area contributed by atoms with Crippen LogP contribution in [0.4, 0.5) is 0 Å². The Labute approximate surface area is 141 Å². The Balaban J connectivity index is 1.86. The van der Waals surface area contributed by atoms with Crippen molar-refractivity contribution in [1.29, 1.82) is 0 Å². The third-order valence-electron chi connectivity index (χ3n) is 4.71. The van der Waals surface area contributed by atoms with Crippen LogP contribution in [0.5, 0.6) is 0 Å². The average Bonchev–Trinajstić information content (AvgIpc) is 2.97. The van der Waals surface area contributed by atoms with Crippen LogP contribution in [0.3, 0.4) is 0 Å². The van der Waals surface area contributed by atoms with Crippen molar-refractivity contribution < 1.29 is 9.59 Å². The van der Waals surface area contributed by atoms with E-state index in [0.29, 0.717) is 13.0 Å². The van der Waals surface area contributed by atoms with E-state index in [9.17, 15) is 9.59 Å². The number of benzene rings is 2. The van der Waals surface area contributed by atoms with E-state index >= 15 is 0 Å². The second-order valence-corrected chi connectivity index (χ2v) is 6.23. The van der Waals surface area contributed by atoms with Gasteiger partial charge in [0.05, 0.1) is 18.7 Å². The minimum atomic E-state index is -0.376. The summed E-state index contributed by atoms with van der Waals surface area (Å²) in [6, 6.07) is 19.4. The van der Waals surface area contributed by atoms with Gasteiger partial charge in [-0.3, -0.25) is 14.5 Å². The molecule has 1 saturated heterocycles. The Morgan fingerprint density at radius 1 is 0.875 bits per heavy atom. The minimum Gasteiger partial charge on any atom is -0.341 e. The second kappa shape index (κ2) is 5.64. The van der Waals surface area contributed by atoms with Crippen molar-refractivity contribution in [2.24, 2.45) is 0 Å². The van der Waals surface area contributed by atoms with Gasteiger partial charge in [0, 0.05) is 7.05 Å². The molecule has 0 aromatic heterocycles. The van der Waals surface area contributed by atoms with E-state index in [1.165, 1.54) is 0 Å². The SMILES string of the molecule is CN1CC(N2C(=O)CC(c3ccccc3)=C2c2ccccc2)C1=O. The first-order valence-electron chi connectivity index (χ1n) is 8.08. The quantitative estimate of drug-likeness (QED) is 0.816. The lowest BCUT2D eigenvalue weighted by Gasteiger charge is -2.41. The van der Waals surface area contributed by atoms with Gasteiger partial charge in [0.25, 0.3) is 0 Å². The highest BCUT2D eigenvalue weighted by Crippen LogP contribution is 2.40. The van der Waals surface area contributed by atoms with Gasteiger partial charge in [-0.25, -0.2) is 0 Å². The number of carbonyl (C=O) groups is 2. The van der Waals surface area contributed by atoms with Crippen molar-refractivity contribution >= 4 is 23.1 Å². The molecule has 0 saturated carbocycles. The van der Waals surface area contributed by atoms with Gasteiger partial charge in [-0.15, -0.1) is 0 Å². The van der Waals surface area contributed by atoms with Gasteiger partial charge in [-0.2, -0.15) is 0 Å². The molecular formula is C20H18N2O2. The molecule has 0 bridgehead atoms. The summed E-state index contributed by atoms with van der Waals surface area (Å²) >= 11 is 0. The fourth-order valence-electron chi connectivity index (χ4n) is 3.47. The third-order valence-corrected chi connectivity index (χ3v) is 4.71. The highest BCUT2D eigenvalue weighted by Gasteiger charge is 2.46. The number of hydrogen-bond acceptors (Lipinski definition) is 2. The molecule has 2 aliphatic rings. The largest absolute Gasteiger partial charge is 0.341 e. The van der Waals surface area contributed by atoms with Gasteiger partial charge in [0.1, 0.15) is 6.04 Å². The van der Waals surface area contributed by atoms with Crippen LogP contribution in [0, 0.1) is 0 Å². The minimum absolute atomic E-state index is 0.000781. The molecule has 120 valence electrons. The molecule has 2 aromatic rings. The lowest BCUT2D eigenvalue weighted by atomic mass is 9.98. The van der Waals surface area contributed by atoms with Gasteiger partial charge in [-0.1, -0.05) is 60.7 Å². The first-order valence-corrected chi connectivity index (χ1v) is 8.08. The molecule has 0 radical (unpaired) electrons. The molecule has 2 aromatic carbocycles. The van der Waals surface area contributed by atoms with Crippen molar-refractivity contribution in [3.05, 3.63) is 71.8 Å². The van der Waals surface area contributed by atoms with E-state index < -0.39 is 0 Å². The molecule has 4 nitrogen and oxygen atoms in total. The monoisotopic (exact) mass is 318 g/mol. The maximum absolute atomic E-state index is 12.7. The van der Waals surface area contributed by atoms with Crippen molar-refractivity contribution in [2.75, 3.05) is 13.6 Å². The molecule has 2 heterocycles. The Hall–Kier alpha value is -2.88. The molecule has 1 atom stereocenters. The van der Waals surface area contributed by atoms with Crippen LogP contribution >= 0.6 is 0 Å². The second-order valence-electron chi connectivity index (χ2n) is 6.23. The zero-order valence-corrected chi connectivity index (χ0v) is 13.5. The molecule has 24 heavy (non-hydrogen) atoms. The summed E-state index contributed by atoms with van der Waals surface area (Å²) < 4.78 is 0. The summed E-state index contributed by atoms with van der Waals surface area (Å²) in [5, 5.41) is 0. The van der Waals surface area contributed by atoms with Crippen LogP contribution in [0.1, 0.15) is 17.5 Å². The molecule has 1 unspecified atom stereocenters. The fraction of sp³-hybridized carbons (Fsp3) is 0.200. The summed E-state index contributed by atoms with van der Waals surface area (Å²) in [6.07, 6.45) is 0.335. The van der Waals surface area contributed by atoms with Crippen LogP contribution in [-0.2, 0) is 9.59 Å². The fourth-order valence-corrected chi connectivity index (χ4v) is 3.47. The Morgan fingerprint density at radius 2 is 1.46 bits per heavy atom. The Bertz CT molecular complexity index is 827. The summed E-state index contributed by atoms with van der Waals surface area (Å²) in [5.74, 6) is 0.00486. The van der Waals surface area contributed by atoms with Crippen LogP contribution in [0.25, 0.3) is 11.3 Å². The standard InChI is InChI=1S/C20H18N2O2/c1-21-13-17(20(21)24)22-18(23)12-16(14-8-4-2-5-9-14)19(22)15-10-6-3-7-11-15/h2-11,17H,12-13H2,1H3. The molecule has 1 fully saturated rings. The normalized spacial score (nSPS) is 20.6. The predicted molar refractivity (Wildman–Crippen MR) is 92.6 cm³/mol. The number of hydrogen-bond donors (Lipinski definition) is 0. The third kappa shape index (κ3) is 2.22. The number of nitrogens with zero attached hydrogens (tertiary/aromatic N) is 2. The predicted octanol–water partition coefficient (Wildman–Crippen LogP) is 2.63.